The number of nitrogens with zero attached hydrogens (tertiary/aromatic N) is 2. The van der Waals surface area contributed by atoms with Gasteiger partial charge in [-0.15, -0.1) is 11.3 Å². The third kappa shape index (κ3) is 3.92. The Balaban J connectivity index is 2.79. The lowest BCUT2D eigenvalue weighted by molar-refractivity contribution is -0.149. The fourth-order valence-corrected chi connectivity index (χ4v) is 3.32. The van der Waals surface area contributed by atoms with Crippen molar-refractivity contribution in [2.45, 2.75) is 33.4 Å². The van der Waals surface area contributed by atoms with Crippen LogP contribution >= 0.6 is 11.3 Å². The minimum atomic E-state index is -4.57. The lowest BCUT2D eigenvalue weighted by Gasteiger charge is -2.13. The van der Waals surface area contributed by atoms with Gasteiger partial charge in [0, 0.05) is 24.5 Å². The standard InChI is InChI=1S/C16H17F3N2O3S/c1-7(2)10-11(14(23)24-13(10)22)9(6-16(17,18)19)12-8(3)25-15(20-12)21(4)5/h6H2,1-5H3. The summed E-state index contributed by atoms with van der Waals surface area (Å²) < 4.78 is 44.1. The number of hydrogen-bond donors (Lipinski definition) is 0. The normalized spacial score (nSPS) is 17.0. The van der Waals surface area contributed by atoms with Crippen LogP contribution in [0.1, 0.15) is 30.8 Å². The Morgan fingerprint density at radius 3 is 2.16 bits per heavy atom. The lowest BCUT2D eigenvalue weighted by Crippen LogP contribution is -2.13. The molecule has 0 aromatic carbocycles. The molecular formula is C16H17F3N2O3S. The average molecular weight is 374 g/mol. The van der Waals surface area contributed by atoms with Crippen molar-refractivity contribution in [3.8, 4) is 0 Å². The molecule has 1 aliphatic heterocycles. The van der Waals surface area contributed by atoms with E-state index in [9.17, 15) is 22.8 Å². The summed E-state index contributed by atoms with van der Waals surface area (Å²) in [5.41, 5.74) is -0.330. The molecule has 1 aromatic rings. The summed E-state index contributed by atoms with van der Waals surface area (Å²) in [4.78, 5) is 30.4. The molecule has 0 spiro atoms. The maximum Gasteiger partial charge on any atom is 0.393 e. The molecule has 0 bridgehead atoms. The summed E-state index contributed by atoms with van der Waals surface area (Å²) >= 11 is 1.21. The van der Waals surface area contributed by atoms with Gasteiger partial charge in [0.25, 0.3) is 0 Å². The summed E-state index contributed by atoms with van der Waals surface area (Å²) in [6.07, 6.45) is -5.95. The van der Waals surface area contributed by atoms with Crippen molar-refractivity contribution in [3.05, 3.63) is 27.3 Å². The van der Waals surface area contributed by atoms with Crippen molar-refractivity contribution in [1.82, 2.24) is 4.98 Å². The van der Waals surface area contributed by atoms with E-state index in [1.807, 2.05) is 0 Å². The minimum Gasteiger partial charge on any atom is -0.386 e. The van der Waals surface area contributed by atoms with Gasteiger partial charge in [-0.25, -0.2) is 14.6 Å². The summed E-state index contributed by atoms with van der Waals surface area (Å²) in [7, 11) is 3.43. The van der Waals surface area contributed by atoms with E-state index >= 15 is 0 Å². The van der Waals surface area contributed by atoms with Gasteiger partial charge in [-0.2, -0.15) is 13.2 Å². The zero-order valence-electron chi connectivity index (χ0n) is 14.4. The molecule has 5 nitrogen and oxygen atoms in total. The topological polar surface area (TPSA) is 59.5 Å². The number of allylic oxidation sites excluding steroid dienone is 2. The molecule has 1 fully saturated rings. The van der Waals surface area contributed by atoms with E-state index in [4.69, 9.17) is 0 Å². The Bertz CT molecular complexity index is 800. The predicted octanol–water partition coefficient (Wildman–Crippen LogP) is 3.64. The van der Waals surface area contributed by atoms with E-state index in [-0.39, 0.29) is 22.4 Å². The summed E-state index contributed by atoms with van der Waals surface area (Å²) in [5, 5.41) is 0.504. The van der Waals surface area contributed by atoms with Crippen molar-refractivity contribution in [1.29, 1.82) is 0 Å². The van der Waals surface area contributed by atoms with Crippen LogP contribution in [0.5, 0.6) is 0 Å². The summed E-state index contributed by atoms with van der Waals surface area (Å²) in [5.74, 6) is -2.00. The van der Waals surface area contributed by atoms with Crippen LogP contribution in [-0.2, 0) is 14.3 Å². The first kappa shape index (κ1) is 19.2. The number of cyclic esters (lactones) is 2. The number of aryl methyl sites for hydroxylation is 1. The molecule has 1 saturated heterocycles. The second-order valence-electron chi connectivity index (χ2n) is 5.99. The van der Waals surface area contributed by atoms with E-state index in [2.05, 4.69) is 9.72 Å². The second-order valence-corrected chi connectivity index (χ2v) is 7.17. The smallest absolute Gasteiger partial charge is 0.386 e. The average Bonchev–Trinajstić information content (AvgIpc) is 2.95. The Hall–Kier alpha value is -2.16. The first-order valence-corrected chi connectivity index (χ1v) is 8.13. The van der Waals surface area contributed by atoms with Crippen LogP contribution in [0.3, 0.4) is 0 Å². The van der Waals surface area contributed by atoms with Gasteiger partial charge in [-0.1, -0.05) is 5.57 Å². The molecule has 1 aliphatic rings. The molecule has 0 saturated carbocycles. The minimum absolute atomic E-state index is 0.0615. The van der Waals surface area contributed by atoms with Crippen LogP contribution in [-0.4, -0.2) is 37.2 Å². The number of aromatic nitrogens is 1. The molecule has 0 radical (unpaired) electrons. The van der Waals surface area contributed by atoms with Gasteiger partial charge >= 0.3 is 18.1 Å². The lowest BCUT2D eigenvalue weighted by atomic mass is 9.94. The number of carbonyl (C=O) groups is 2. The fraction of sp³-hybridized carbons (Fsp3) is 0.438. The summed E-state index contributed by atoms with van der Waals surface area (Å²) in [6.45, 7) is 4.71. The molecule has 2 heterocycles. The van der Waals surface area contributed by atoms with Crippen LogP contribution in [0, 0.1) is 6.92 Å². The molecular weight excluding hydrogens is 357 g/mol. The van der Waals surface area contributed by atoms with Gasteiger partial charge < -0.3 is 9.64 Å². The number of esters is 2. The van der Waals surface area contributed by atoms with Gasteiger partial charge in [0.15, 0.2) is 5.13 Å². The van der Waals surface area contributed by atoms with Crippen molar-refractivity contribution in [3.63, 3.8) is 0 Å². The molecule has 2 rings (SSSR count). The Kier molecular flexibility index (Phi) is 5.08. The largest absolute Gasteiger partial charge is 0.393 e. The van der Waals surface area contributed by atoms with Crippen LogP contribution in [0.15, 0.2) is 16.7 Å². The highest BCUT2D eigenvalue weighted by molar-refractivity contribution is 7.15. The highest BCUT2D eigenvalue weighted by Crippen LogP contribution is 2.41. The van der Waals surface area contributed by atoms with E-state index in [0.717, 1.165) is 0 Å². The maximum atomic E-state index is 13.2. The summed E-state index contributed by atoms with van der Waals surface area (Å²) in [6, 6.07) is 0. The molecule has 1 aromatic heterocycles. The monoisotopic (exact) mass is 374 g/mol. The fourth-order valence-electron chi connectivity index (χ4n) is 2.46. The number of carbonyl (C=O) groups excluding carboxylic acids is 2. The van der Waals surface area contributed by atoms with Crippen molar-refractivity contribution in [2.75, 3.05) is 19.0 Å². The van der Waals surface area contributed by atoms with Crippen molar-refractivity contribution >= 4 is 34.0 Å². The van der Waals surface area contributed by atoms with E-state index < -0.39 is 24.5 Å². The van der Waals surface area contributed by atoms with E-state index in [0.29, 0.717) is 15.6 Å². The van der Waals surface area contributed by atoms with Crippen LogP contribution in [0.2, 0.25) is 0 Å². The Morgan fingerprint density at radius 1 is 1.16 bits per heavy atom. The number of alkyl halides is 3. The van der Waals surface area contributed by atoms with Crippen molar-refractivity contribution < 1.29 is 27.5 Å². The molecule has 0 N–H and O–H groups in total. The van der Waals surface area contributed by atoms with Crippen molar-refractivity contribution in [2.24, 2.45) is 0 Å². The number of anilines is 1. The molecule has 136 valence electrons. The highest BCUT2D eigenvalue weighted by Gasteiger charge is 2.41. The van der Waals surface area contributed by atoms with Crippen LogP contribution in [0.25, 0.3) is 5.57 Å². The third-order valence-corrected chi connectivity index (χ3v) is 4.61. The van der Waals surface area contributed by atoms with Crippen LogP contribution < -0.4 is 4.90 Å². The quantitative estimate of drug-likeness (QED) is 0.459. The molecule has 0 aliphatic carbocycles. The van der Waals surface area contributed by atoms with Gasteiger partial charge in [0.2, 0.25) is 0 Å². The van der Waals surface area contributed by atoms with Gasteiger partial charge in [0.05, 0.1) is 23.3 Å². The zero-order chi connectivity index (χ0) is 19.1. The molecule has 0 unspecified atom stereocenters. The Morgan fingerprint density at radius 2 is 1.72 bits per heavy atom. The van der Waals surface area contributed by atoms with Gasteiger partial charge in [-0.05, 0) is 20.8 Å². The van der Waals surface area contributed by atoms with E-state index in [1.54, 1.807) is 39.8 Å². The molecule has 9 heteroatoms. The predicted molar refractivity (Wildman–Crippen MR) is 88.2 cm³/mol. The second kappa shape index (κ2) is 6.62. The molecule has 0 atom stereocenters. The number of ether oxygens (including phenoxy) is 1. The first-order chi connectivity index (χ1) is 11.4. The zero-order valence-corrected chi connectivity index (χ0v) is 15.2. The first-order valence-electron chi connectivity index (χ1n) is 7.31. The van der Waals surface area contributed by atoms with Gasteiger partial charge in [-0.3, -0.25) is 0 Å². The van der Waals surface area contributed by atoms with E-state index in [1.165, 1.54) is 11.3 Å². The molecule has 0 amide bonds. The number of rotatable bonds is 3. The molecule has 25 heavy (non-hydrogen) atoms. The van der Waals surface area contributed by atoms with Gasteiger partial charge in [0.1, 0.15) is 0 Å². The number of hydrogen-bond acceptors (Lipinski definition) is 6. The Labute approximate surface area is 146 Å². The number of thiazole rings is 1. The SMILES string of the molecule is CC(C)=C1C(=O)OC(=O)C1=C(CC(F)(F)F)c1nc(N(C)C)sc1C. The maximum absolute atomic E-state index is 13.2. The number of halogens is 3. The third-order valence-electron chi connectivity index (χ3n) is 3.48. The van der Waals surface area contributed by atoms with Crippen LogP contribution in [0.4, 0.5) is 18.3 Å². The highest BCUT2D eigenvalue weighted by atomic mass is 32.1.